The minimum Gasteiger partial charge on any atom is -0.494 e. The number of nitrogen functional groups attached to an aromatic ring is 1. The lowest BCUT2D eigenvalue weighted by Gasteiger charge is -2.25. The number of benzene rings is 1. The normalized spacial score (nSPS) is 15.0. The number of anilines is 1. The van der Waals surface area contributed by atoms with Gasteiger partial charge in [0.1, 0.15) is 5.75 Å². The molecule has 0 heterocycles. The highest BCUT2D eigenvalue weighted by molar-refractivity contribution is 5.51. The Morgan fingerprint density at radius 1 is 1.41 bits per heavy atom. The molecule has 0 amide bonds. The summed E-state index contributed by atoms with van der Waals surface area (Å²) >= 11 is 0. The van der Waals surface area contributed by atoms with Crippen molar-refractivity contribution >= 4 is 5.69 Å². The van der Waals surface area contributed by atoms with Crippen molar-refractivity contribution in [2.45, 2.75) is 32.1 Å². The van der Waals surface area contributed by atoms with E-state index in [1.54, 1.807) is 0 Å². The zero-order chi connectivity index (χ0) is 12.1. The molecule has 1 aliphatic rings. The third-order valence-corrected chi connectivity index (χ3v) is 3.40. The lowest BCUT2D eigenvalue weighted by molar-refractivity contribution is 0.222. The molecule has 0 atom stereocenters. The third kappa shape index (κ3) is 3.13. The fourth-order valence-corrected chi connectivity index (χ4v) is 2.04. The van der Waals surface area contributed by atoms with Gasteiger partial charge in [0.05, 0.1) is 19.1 Å². The smallest absolute Gasteiger partial charge is 0.119 e. The second kappa shape index (κ2) is 5.58. The molecule has 2 N–H and O–H groups in total. The van der Waals surface area contributed by atoms with Gasteiger partial charge in [0.25, 0.3) is 0 Å². The van der Waals surface area contributed by atoms with Crippen LogP contribution in [0.1, 0.15) is 31.2 Å². The van der Waals surface area contributed by atoms with Gasteiger partial charge in [0, 0.05) is 5.69 Å². The van der Waals surface area contributed by atoms with Crippen LogP contribution in [-0.2, 0) is 6.42 Å². The third-order valence-electron chi connectivity index (χ3n) is 3.40. The largest absolute Gasteiger partial charge is 0.494 e. The van der Waals surface area contributed by atoms with Crippen LogP contribution in [0.4, 0.5) is 5.69 Å². The summed E-state index contributed by atoms with van der Waals surface area (Å²) in [4.78, 5) is 0. The first-order chi connectivity index (χ1) is 8.29. The topological polar surface area (TPSA) is 59.0 Å². The van der Waals surface area contributed by atoms with E-state index in [0.717, 1.165) is 30.3 Å². The summed E-state index contributed by atoms with van der Waals surface area (Å²) in [6.07, 6.45) is 5.55. The highest BCUT2D eigenvalue weighted by atomic mass is 16.5. The van der Waals surface area contributed by atoms with E-state index in [4.69, 9.17) is 15.7 Å². The Balaban J connectivity index is 1.87. The average molecular weight is 230 g/mol. The number of nitrogens with zero attached hydrogens (tertiary/aromatic N) is 1. The van der Waals surface area contributed by atoms with Crippen molar-refractivity contribution in [3.05, 3.63) is 23.8 Å². The van der Waals surface area contributed by atoms with Crippen LogP contribution in [0.5, 0.6) is 5.75 Å². The second-order valence-corrected chi connectivity index (χ2v) is 4.63. The van der Waals surface area contributed by atoms with Gasteiger partial charge < -0.3 is 10.5 Å². The predicted octanol–water partition coefficient (Wildman–Crippen LogP) is 2.90. The molecule has 1 fully saturated rings. The molecule has 0 saturated heterocycles. The molecule has 1 saturated carbocycles. The molecule has 1 aromatic rings. The van der Waals surface area contributed by atoms with E-state index in [2.05, 4.69) is 6.07 Å². The number of nitriles is 1. The van der Waals surface area contributed by atoms with Crippen LogP contribution in [0.25, 0.3) is 0 Å². The Kier molecular flexibility index (Phi) is 3.87. The van der Waals surface area contributed by atoms with Crippen LogP contribution in [0.3, 0.4) is 0 Å². The zero-order valence-electron chi connectivity index (χ0n) is 9.98. The maximum absolute atomic E-state index is 8.68. The van der Waals surface area contributed by atoms with Crippen molar-refractivity contribution in [2.75, 3.05) is 12.3 Å². The lowest BCUT2D eigenvalue weighted by atomic mass is 9.83. The van der Waals surface area contributed by atoms with Crippen LogP contribution in [0, 0.1) is 17.2 Å². The van der Waals surface area contributed by atoms with Gasteiger partial charge in [-0.2, -0.15) is 5.26 Å². The summed E-state index contributed by atoms with van der Waals surface area (Å²) in [5.74, 6) is 1.69. The second-order valence-electron chi connectivity index (χ2n) is 4.63. The number of ether oxygens (including phenoxy) is 1. The summed E-state index contributed by atoms with van der Waals surface area (Å²) in [7, 11) is 0. The Bertz CT molecular complexity index is 419. The molecule has 2 rings (SSSR count). The molecule has 17 heavy (non-hydrogen) atoms. The van der Waals surface area contributed by atoms with Crippen LogP contribution in [0.2, 0.25) is 0 Å². The molecular weight excluding hydrogens is 212 g/mol. The van der Waals surface area contributed by atoms with Gasteiger partial charge in [0.15, 0.2) is 0 Å². The fourth-order valence-electron chi connectivity index (χ4n) is 2.04. The first-order valence-corrected chi connectivity index (χ1v) is 6.17. The Morgan fingerprint density at radius 3 is 2.88 bits per heavy atom. The maximum Gasteiger partial charge on any atom is 0.119 e. The van der Waals surface area contributed by atoms with Crippen molar-refractivity contribution < 1.29 is 4.74 Å². The van der Waals surface area contributed by atoms with Crippen LogP contribution < -0.4 is 10.5 Å². The summed E-state index contributed by atoms with van der Waals surface area (Å²) in [5.41, 5.74) is 7.30. The highest BCUT2D eigenvalue weighted by Crippen LogP contribution is 2.29. The van der Waals surface area contributed by atoms with E-state index >= 15 is 0 Å². The van der Waals surface area contributed by atoms with Gasteiger partial charge in [0.2, 0.25) is 0 Å². The molecule has 0 aliphatic heterocycles. The van der Waals surface area contributed by atoms with E-state index in [9.17, 15) is 0 Å². The Labute approximate surface area is 102 Å². The molecule has 0 spiro atoms. The van der Waals surface area contributed by atoms with Crippen LogP contribution in [-0.4, -0.2) is 6.61 Å². The van der Waals surface area contributed by atoms with Crippen molar-refractivity contribution in [2.24, 2.45) is 5.92 Å². The van der Waals surface area contributed by atoms with Crippen molar-refractivity contribution in [3.63, 3.8) is 0 Å². The zero-order valence-corrected chi connectivity index (χ0v) is 9.98. The molecule has 0 unspecified atom stereocenters. The standard InChI is InChI=1S/C14H18N2O/c15-8-6-12-10-13(4-5-14(12)16)17-9-7-11-2-1-3-11/h4-5,10-11H,1-3,6-7,9,16H2. The fraction of sp³-hybridized carbons (Fsp3) is 0.500. The van der Waals surface area contributed by atoms with Crippen molar-refractivity contribution in [3.8, 4) is 11.8 Å². The quantitative estimate of drug-likeness (QED) is 0.791. The summed E-state index contributed by atoms with van der Waals surface area (Å²) in [6, 6.07) is 7.67. The van der Waals surface area contributed by atoms with Gasteiger partial charge in [-0.15, -0.1) is 0 Å². The summed E-state index contributed by atoms with van der Waals surface area (Å²) in [5, 5.41) is 8.68. The van der Waals surface area contributed by atoms with Crippen molar-refractivity contribution in [1.82, 2.24) is 0 Å². The Hall–Kier alpha value is -1.69. The first-order valence-electron chi connectivity index (χ1n) is 6.17. The van der Waals surface area contributed by atoms with E-state index in [1.165, 1.54) is 19.3 Å². The van der Waals surface area contributed by atoms with E-state index in [1.807, 2.05) is 18.2 Å². The molecule has 1 aliphatic carbocycles. The van der Waals surface area contributed by atoms with Gasteiger partial charge in [-0.3, -0.25) is 0 Å². The van der Waals surface area contributed by atoms with Crippen molar-refractivity contribution in [1.29, 1.82) is 5.26 Å². The summed E-state index contributed by atoms with van der Waals surface area (Å²) < 4.78 is 5.69. The SMILES string of the molecule is N#CCc1cc(OCCC2CCC2)ccc1N. The molecular formula is C14H18N2O. The first kappa shape index (κ1) is 11.8. The maximum atomic E-state index is 8.68. The summed E-state index contributed by atoms with van der Waals surface area (Å²) in [6.45, 7) is 0.764. The number of nitrogens with two attached hydrogens (primary N) is 1. The van der Waals surface area contributed by atoms with Gasteiger partial charge >= 0.3 is 0 Å². The minimum absolute atomic E-state index is 0.339. The van der Waals surface area contributed by atoms with Gasteiger partial charge in [-0.25, -0.2) is 0 Å². The van der Waals surface area contributed by atoms with E-state index < -0.39 is 0 Å². The van der Waals surface area contributed by atoms with E-state index in [-0.39, 0.29) is 0 Å². The minimum atomic E-state index is 0.339. The number of rotatable bonds is 5. The molecule has 0 radical (unpaired) electrons. The lowest BCUT2D eigenvalue weighted by Crippen LogP contribution is -2.14. The Morgan fingerprint density at radius 2 is 2.24 bits per heavy atom. The molecule has 3 heteroatoms. The molecule has 0 aromatic heterocycles. The van der Waals surface area contributed by atoms with E-state index in [0.29, 0.717) is 12.1 Å². The number of hydrogen-bond donors (Lipinski definition) is 1. The van der Waals surface area contributed by atoms with Gasteiger partial charge in [-0.1, -0.05) is 19.3 Å². The van der Waals surface area contributed by atoms with Crippen LogP contribution in [0.15, 0.2) is 18.2 Å². The highest BCUT2D eigenvalue weighted by Gasteiger charge is 2.16. The predicted molar refractivity (Wildman–Crippen MR) is 67.6 cm³/mol. The number of hydrogen-bond acceptors (Lipinski definition) is 3. The average Bonchev–Trinajstić information content (AvgIpc) is 2.26. The molecule has 3 nitrogen and oxygen atoms in total. The van der Waals surface area contributed by atoms with Gasteiger partial charge in [-0.05, 0) is 36.1 Å². The monoisotopic (exact) mass is 230 g/mol. The molecule has 90 valence electrons. The molecule has 0 bridgehead atoms. The molecule has 1 aromatic carbocycles. The van der Waals surface area contributed by atoms with Crippen LogP contribution >= 0.6 is 0 Å².